The highest BCUT2D eigenvalue weighted by Gasteiger charge is 2.42. The monoisotopic (exact) mass is 400 g/mol. The summed E-state index contributed by atoms with van der Waals surface area (Å²) < 4.78 is 32.3. The van der Waals surface area contributed by atoms with Gasteiger partial charge < -0.3 is 20.7 Å². The molecule has 1 saturated carbocycles. The first-order chi connectivity index (χ1) is 12.7. The van der Waals surface area contributed by atoms with E-state index in [1.807, 2.05) is 12.1 Å². The molecule has 0 spiro atoms. The number of nitrogens with zero attached hydrogens (tertiary/aromatic N) is 1. The number of nitrogens with two attached hydrogens (primary N) is 1. The molecule has 148 valence electrons. The van der Waals surface area contributed by atoms with Crippen molar-refractivity contribution in [1.82, 2.24) is 0 Å². The Morgan fingerprint density at radius 2 is 1.93 bits per heavy atom. The van der Waals surface area contributed by atoms with Crippen molar-refractivity contribution < 1.29 is 28.5 Å². The Labute approximate surface area is 160 Å². The number of halogens is 2. The summed E-state index contributed by atoms with van der Waals surface area (Å²) in [5.41, 5.74) is 6.57. The van der Waals surface area contributed by atoms with Crippen LogP contribution in [0.5, 0.6) is 0 Å². The van der Waals surface area contributed by atoms with Gasteiger partial charge in [-0.1, -0.05) is 24.4 Å². The molecule has 4 unspecified atom stereocenters. The topological polar surface area (TPSA) is 96.0 Å². The van der Waals surface area contributed by atoms with Crippen LogP contribution in [0.25, 0.3) is 0 Å². The van der Waals surface area contributed by atoms with Gasteiger partial charge in [0, 0.05) is 5.69 Å². The Hall–Kier alpha value is -1.84. The van der Waals surface area contributed by atoms with E-state index in [-0.39, 0.29) is 12.5 Å². The first kappa shape index (κ1) is 19.9. The van der Waals surface area contributed by atoms with Crippen LogP contribution in [0.2, 0.25) is 0 Å². The number of rotatable bonds is 5. The van der Waals surface area contributed by atoms with Crippen LogP contribution >= 0.6 is 12.2 Å². The van der Waals surface area contributed by atoms with Crippen molar-refractivity contribution >= 4 is 29.0 Å². The molecule has 4 N–H and O–H groups in total. The average molecular weight is 400 g/mol. The lowest BCUT2D eigenvalue weighted by atomic mass is 9.81. The number of benzene rings is 1. The Kier molecular flexibility index (Phi) is 5.64. The molecule has 0 aromatic heterocycles. The van der Waals surface area contributed by atoms with Crippen molar-refractivity contribution in [3.05, 3.63) is 29.8 Å². The van der Waals surface area contributed by atoms with Crippen LogP contribution in [-0.4, -0.2) is 52.1 Å². The summed E-state index contributed by atoms with van der Waals surface area (Å²) >= 11 is 4.35. The summed E-state index contributed by atoms with van der Waals surface area (Å²) in [6.45, 7) is -0.00921. The van der Waals surface area contributed by atoms with E-state index in [0.29, 0.717) is 18.5 Å². The van der Waals surface area contributed by atoms with Gasteiger partial charge in [-0.2, -0.15) is 8.78 Å². The van der Waals surface area contributed by atoms with Gasteiger partial charge in [0.05, 0.1) is 25.2 Å². The van der Waals surface area contributed by atoms with Crippen LogP contribution in [0.3, 0.4) is 0 Å². The minimum atomic E-state index is -3.37. The van der Waals surface area contributed by atoms with E-state index in [0.717, 1.165) is 12.0 Å². The summed E-state index contributed by atoms with van der Waals surface area (Å²) in [7, 11) is 0. The molecule has 1 aliphatic carbocycles. The van der Waals surface area contributed by atoms with Crippen molar-refractivity contribution in [3.8, 4) is 0 Å². The van der Waals surface area contributed by atoms with E-state index >= 15 is 0 Å². The van der Waals surface area contributed by atoms with Crippen LogP contribution in [-0.2, 0) is 4.74 Å². The molecule has 2 fully saturated rings. The summed E-state index contributed by atoms with van der Waals surface area (Å²) in [6, 6.07) is 7.13. The molecule has 1 aromatic carbocycles. The van der Waals surface area contributed by atoms with Gasteiger partial charge in [0.1, 0.15) is 11.1 Å². The minimum absolute atomic E-state index is 0.00921. The third kappa shape index (κ3) is 4.36. The van der Waals surface area contributed by atoms with E-state index in [1.54, 1.807) is 12.1 Å². The fraction of sp³-hybridized carbons (Fsp3) is 0.556. The smallest absolute Gasteiger partial charge is 0.414 e. The van der Waals surface area contributed by atoms with Gasteiger partial charge in [0.25, 0.3) is 0 Å². The zero-order valence-electron chi connectivity index (χ0n) is 14.6. The van der Waals surface area contributed by atoms with Crippen LogP contribution in [0.1, 0.15) is 37.2 Å². The molecule has 1 saturated heterocycles. The van der Waals surface area contributed by atoms with Crippen LogP contribution in [0, 0.1) is 0 Å². The third-order valence-electron chi connectivity index (χ3n) is 5.18. The van der Waals surface area contributed by atoms with Gasteiger partial charge in [-0.05, 0) is 42.9 Å². The number of carbonyl (C=O) groups excluding carboxylic acids is 1. The zero-order chi connectivity index (χ0) is 19.8. The molecule has 1 heterocycles. The lowest BCUT2D eigenvalue weighted by Gasteiger charge is -2.30. The predicted octanol–water partition coefficient (Wildman–Crippen LogP) is 2.31. The molecule has 0 bridgehead atoms. The number of hydrogen-bond acceptors (Lipinski definition) is 5. The van der Waals surface area contributed by atoms with Crippen LogP contribution < -0.4 is 10.6 Å². The number of anilines is 1. The molecule has 4 atom stereocenters. The molecular formula is C18H22F2N2O4S. The Balaban J connectivity index is 1.65. The van der Waals surface area contributed by atoms with Gasteiger partial charge in [0.15, 0.2) is 0 Å². The van der Waals surface area contributed by atoms with Gasteiger partial charge in [-0.25, -0.2) is 4.79 Å². The SMILES string of the molecule is NC(=S)C(F)(F)CC1CN(c2ccc(C3CCC(O)C(O)C3)cc2)C(=O)O1. The number of thiocarbonyl (C=S) groups is 1. The van der Waals surface area contributed by atoms with Gasteiger partial charge in [-0.3, -0.25) is 4.90 Å². The molecule has 1 amide bonds. The lowest BCUT2D eigenvalue weighted by Crippen LogP contribution is -2.38. The number of aliphatic hydroxyl groups excluding tert-OH is 2. The third-order valence-corrected chi connectivity index (χ3v) is 5.47. The molecule has 6 nitrogen and oxygen atoms in total. The van der Waals surface area contributed by atoms with Crippen molar-refractivity contribution in [2.75, 3.05) is 11.4 Å². The number of hydrogen-bond donors (Lipinski definition) is 3. The standard InChI is InChI=1S/C18H22F2N2O4S/c19-18(20,16(21)27)8-13-9-22(17(25)26-13)12-4-1-10(2-5-12)11-3-6-14(23)15(24)7-11/h1-2,4-5,11,13-15,23-24H,3,6-9H2,(H2,21,27). The van der Waals surface area contributed by atoms with Crippen LogP contribution in [0.15, 0.2) is 24.3 Å². The van der Waals surface area contributed by atoms with E-state index in [9.17, 15) is 23.8 Å². The van der Waals surface area contributed by atoms with Gasteiger partial charge in [0.2, 0.25) is 0 Å². The van der Waals surface area contributed by atoms with E-state index in [4.69, 9.17) is 10.5 Å². The average Bonchev–Trinajstić information content (AvgIpc) is 2.97. The summed E-state index contributed by atoms with van der Waals surface area (Å²) in [6.07, 6.45) is -2.09. The van der Waals surface area contributed by atoms with Gasteiger partial charge in [-0.15, -0.1) is 0 Å². The maximum Gasteiger partial charge on any atom is 0.414 e. The molecule has 0 radical (unpaired) electrons. The van der Waals surface area contributed by atoms with Crippen molar-refractivity contribution in [3.63, 3.8) is 0 Å². The molecule has 1 aliphatic heterocycles. The van der Waals surface area contributed by atoms with Crippen molar-refractivity contribution in [2.45, 2.75) is 55.8 Å². The van der Waals surface area contributed by atoms with E-state index < -0.39 is 41.7 Å². The van der Waals surface area contributed by atoms with Crippen molar-refractivity contribution in [1.29, 1.82) is 0 Å². The van der Waals surface area contributed by atoms with Crippen molar-refractivity contribution in [2.24, 2.45) is 5.73 Å². The Morgan fingerprint density at radius 3 is 2.52 bits per heavy atom. The fourth-order valence-electron chi connectivity index (χ4n) is 3.59. The number of alkyl halides is 2. The van der Waals surface area contributed by atoms with E-state index in [1.165, 1.54) is 4.90 Å². The highest BCUT2D eigenvalue weighted by atomic mass is 32.1. The van der Waals surface area contributed by atoms with E-state index in [2.05, 4.69) is 12.2 Å². The minimum Gasteiger partial charge on any atom is -0.444 e. The Bertz CT molecular complexity index is 716. The molecule has 1 aromatic rings. The number of carbonyl (C=O) groups is 1. The Morgan fingerprint density at radius 1 is 1.26 bits per heavy atom. The molecule has 3 rings (SSSR count). The molecular weight excluding hydrogens is 378 g/mol. The zero-order valence-corrected chi connectivity index (χ0v) is 15.4. The first-order valence-electron chi connectivity index (χ1n) is 8.79. The largest absolute Gasteiger partial charge is 0.444 e. The number of aliphatic hydroxyl groups is 2. The fourth-order valence-corrected chi connectivity index (χ4v) is 3.67. The highest BCUT2D eigenvalue weighted by molar-refractivity contribution is 7.80. The van der Waals surface area contributed by atoms with Crippen LogP contribution in [0.4, 0.5) is 19.3 Å². The number of ether oxygens (including phenoxy) is 1. The second-order valence-corrected chi connectivity index (χ2v) is 7.57. The second kappa shape index (κ2) is 7.65. The maximum absolute atomic E-state index is 13.7. The maximum atomic E-state index is 13.7. The normalized spacial score (nSPS) is 28.9. The molecule has 27 heavy (non-hydrogen) atoms. The summed E-state index contributed by atoms with van der Waals surface area (Å²) in [5.74, 6) is -3.24. The van der Waals surface area contributed by atoms with Gasteiger partial charge >= 0.3 is 12.0 Å². The summed E-state index contributed by atoms with van der Waals surface area (Å²) in [5, 5.41) is 19.5. The summed E-state index contributed by atoms with van der Waals surface area (Å²) in [4.78, 5) is 12.4. The number of cyclic esters (lactones) is 1. The number of amides is 1. The molecule has 2 aliphatic rings. The lowest BCUT2D eigenvalue weighted by molar-refractivity contribution is -0.0149. The first-order valence-corrected chi connectivity index (χ1v) is 9.20. The predicted molar refractivity (Wildman–Crippen MR) is 99.0 cm³/mol. The quantitative estimate of drug-likeness (QED) is 0.657. The second-order valence-electron chi connectivity index (χ2n) is 7.13. The molecule has 9 heteroatoms. The highest BCUT2D eigenvalue weighted by Crippen LogP contribution is 2.35.